The summed E-state index contributed by atoms with van der Waals surface area (Å²) in [6, 6.07) is 15.9. The summed E-state index contributed by atoms with van der Waals surface area (Å²) >= 11 is 1.45. The van der Waals surface area contributed by atoms with Crippen molar-refractivity contribution in [1.29, 1.82) is 0 Å². The highest BCUT2D eigenvalue weighted by Crippen LogP contribution is 2.38. The van der Waals surface area contributed by atoms with Gasteiger partial charge in [0.2, 0.25) is 0 Å². The monoisotopic (exact) mass is 519 g/mol. The van der Waals surface area contributed by atoms with E-state index in [-0.39, 0.29) is 12.5 Å². The zero-order valence-electron chi connectivity index (χ0n) is 20.8. The molecule has 2 amide bonds. The number of thiophene rings is 1. The molecule has 2 aromatic carbocycles. The van der Waals surface area contributed by atoms with Crippen molar-refractivity contribution in [2.45, 2.75) is 45.6 Å². The molecular weight excluding hydrogens is 490 g/mol. The van der Waals surface area contributed by atoms with E-state index < -0.39 is 18.0 Å². The number of hydrogen-bond acceptors (Lipinski definition) is 7. The standard InChI is InChI=1S/C28H29N3O5S/c1-3-35-28(34)24-22-11-7-8-12-23(22)37-27(24)30-26(33)20-13-15-21(16-14-20)36-18(2)25(32)31-29-17-19-9-5-4-6-10-19/h4-6,9-10,13-18H,3,7-8,11-12H2,1-2H3,(H,30,33)(H,31,32)/b29-17-/t18-/m0/s1. The fourth-order valence-corrected chi connectivity index (χ4v) is 5.26. The van der Waals surface area contributed by atoms with Crippen LogP contribution in [0.5, 0.6) is 5.75 Å². The molecule has 2 N–H and O–H groups in total. The molecule has 1 aliphatic carbocycles. The van der Waals surface area contributed by atoms with E-state index >= 15 is 0 Å². The van der Waals surface area contributed by atoms with E-state index in [2.05, 4.69) is 15.8 Å². The predicted molar refractivity (Wildman–Crippen MR) is 144 cm³/mol. The van der Waals surface area contributed by atoms with Gasteiger partial charge in [0.05, 0.1) is 18.4 Å². The van der Waals surface area contributed by atoms with E-state index in [1.165, 1.54) is 11.3 Å². The average Bonchev–Trinajstić information content (AvgIpc) is 3.27. The fraction of sp³-hybridized carbons (Fsp3) is 0.286. The molecule has 9 heteroatoms. The number of benzene rings is 2. The first-order chi connectivity index (χ1) is 18.0. The third-order valence-corrected chi connectivity index (χ3v) is 7.07. The molecule has 0 fully saturated rings. The lowest BCUT2D eigenvalue weighted by Crippen LogP contribution is -2.33. The van der Waals surface area contributed by atoms with Gasteiger partial charge in [-0.15, -0.1) is 11.3 Å². The van der Waals surface area contributed by atoms with E-state index in [9.17, 15) is 14.4 Å². The van der Waals surface area contributed by atoms with Crippen molar-refractivity contribution >= 4 is 40.3 Å². The highest BCUT2D eigenvalue weighted by molar-refractivity contribution is 7.17. The van der Waals surface area contributed by atoms with E-state index in [1.54, 1.807) is 44.3 Å². The minimum atomic E-state index is -0.794. The number of hydrogen-bond donors (Lipinski definition) is 2. The summed E-state index contributed by atoms with van der Waals surface area (Å²) in [5.41, 5.74) is 5.19. The summed E-state index contributed by atoms with van der Waals surface area (Å²) in [4.78, 5) is 39.0. The number of ether oxygens (including phenoxy) is 2. The number of esters is 1. The maximum absolute atomic E-state index is 13.0. The Labute approximate surface area is 219 Å². The molecule has 3 aromatic rings. The Bertz CT molecular complexity index is 1290. The summed E-state index contributed by atoms with van der Waals surface area (Å²) < 4.78 is 10.9. The second-order valence-electron chi connectivity index (χ2n) is 8.52. The van der Waals surface area contributed by atoms with Crippen LogP contribution in [0, 0.1) is 0 Å². The summed E-state index contributed by atoms with van der Waals surface area (Å²) in [5, 5.41) is 7.37. The highest BCUT2D eigenvalue weighted by Gasteiger charge is 2.27. The maximum atomic E-state index is 13.0. The number of nitrogens with zero attached hydrogens (tertiary/aromatic N) is 1. The zero-order valence-corrected chi connectivity index (χ0v) is 21.6. The lowest BCUT2D eigenvalue weighted by atomic mass is 9.95. The largest absolute Gasteiger partial charge is 0.481 e. The van der Waals surface area contributed by atoms with Crippen LogP contribution in [0.25, 0.3) is 0 Å². The molecule has 0 bridgehead atoms. The van der Waals surface area contributed by atoms with Gasteiger partial charge in [-0.2, -0.15) is 5.10 Å². The fourth-order valence-electron chi connectivity index (χ4n) is 3.99. The second kappa shape index (κ2) is 12.3. The van der Waals surface area contributed by atoms with Gasteiger partial charge in [0, 0.05) is 10.4 Å². The van der Waals surface area contributed by atoms with Crippen molar-refractivity contribution in [2.24, 2.45) is 5.10 Å². The topological polar surface area (TPSA) is 106 Å². The van der Waals surface area contributed by atoms with Crippen molar-refractivity contribution in [3.8, 4) is 5.75 Å². The summed E-state index contributed by atoms with van der Waals surface area (Å²) in [6.07, 6.45) is 4.55. The minimum absolute atomic E-state index is 0.272. The molecule has 0 saturated heterocycles. The number of carbonyl (C=O) groups excluding carboxylic acids is 3. The van der Waals surface area contributed by atoms with Crippen LogP contribution in [0.1, 0.15) is 63.4 Å². The number of aryl methyl sites for hydroxylation is 1. The molecule has 0 radical (unpaired) electrons. The SMILES string of the molecule is CCOC(=O)c1c(NC(=O)c2ccc(O[C@@H](C)C(=O)N/N=C\c3ccccc3)cc2)sc2c1CCCC2. The molecule has 0 aliphatic heterocycles. The molecule has 1 aromatic heterocycles. The van der Waals surface area contributed by atoms with Gasteiger partial charge in [-0.05, 0) is 74.9 Å². The van der Waals surface area contributed by atoms with E-state index in [4.69, 9.17) is 9.47 Å². The Morgan fingerprint density at radius 1 is 1.05 bits per heavy atom. The second-order valence-corrected chi connectivity index (χ2v) is 9.62. The van der Waals surface area contributed by atoms with Crippen LogP contribution in [0.3, 0.4) is 0 Å². The lowest BCUT2D eigenvalue weighted by Gasteiger charge is -2.13. The van der Waals surface area contributed by atoms with E-state index in [1.807, 2.05) is 30.3 Å². The first kappa shape index (κ1) is 26.1. The molecule has 0 unspecified atom stereocenters. The molecule has 1 atom stereocenters. The average molecular weight is 520 g/mol. The Morgan fingerprint density at radius 2 is 1.78 bits per heavy atom. The van der Waals surface area contributed by atoms with Crippen molar-refractivity contribution < 1.29 is 23.9 Å². The molecule has 192 valence electrons. The number of amides is 2. The number of fused-ring (bicyclic) bond motifs is 1. The lowest BCUT2D eigenvalue weighted by molar-refractivity contribution is -0.127. The predicted octanol–water partition coefficient (Wildman–Crippen LogP) is 4.97. The molecule has 1 aliphatic rings. The molecule has 0 spiro atoms. The third kappa shape index (κ3) is 6.62. The molecule has 1 heterocycles. The Kier molecular flexibility index (Phi) is 8.68. The maximum Gasteiger partial charge on any atom is 0.341 e. The third-order valence-electron chi connectivity index (χ3n) is 5.86. The summed E-state index contributed by atoms with van der Waals surface area (Å²) in [7, 11) is 0. The van der Waals surface area contributed by atoms with Crippen LogP contribution >= 0.6 is 11.3 Å². The summed E-state index contributed by atoms with van der Waals surface area (Å²) in [5.74, 6) is -0.703. The van der Waals surface area contributed by atoms with Crippen LogP contribution in [0.4, 0.5) is 5.00 Å². The van der Waals surface area contributed by atoms with E-state index in [0.29, 0.717) is 21.9 Å². The van der Waals surface area contributed by atoms with Gasteiger partial charge in [-0.25, -0.2) is 10.2 Å². The first-order valence-electron chi connectivity index (χ1n) is 12.2. The highest BCUT2D eigenvalue weighted by atomic mass is 32.1. The number of hydrazone groups is 1. The van der Waals surface area contributed by atoms with Gasteiger partial charge in [-0.1, -0.05) is 30.3 Å². The van der Waals surface area contributed by atoms with Crippen LogP contribution in [0.2, 0.25) is 0 Å². The first-order valence-corrected chi connectivity index (χ1v) is 13.1. The number of carbonyl (C=O) groups is 3. The van der Waals surface area contributed by atoms with Crippen molar-refractivity contribution in [3.05, 3.63) is 81.7 Å². The van der Waals surface area contributed by atoms with Crippen molar-refractivity contribution in [2.75, 3.05) is 11.9 Å². The molecular formula is C28H29N3O5S. The molecule has 37 heavy (non-hydrogen) atoms. The minimum Gasteiger partial charge on any atom is -0.481 e. The van der Waals surface area contributed by atoms with Gasteiger partial charge in [-0.3, -0.25) is 9.59 Å². The Morgan fingerprint density at radius 3 is 2.51 bits per heavy atom. The summed E-state index contributed by atoms with van der Waals surface area (Å²) in [6.45, 7) is 3.65. The Hall–Kier alpha value is -3.98. The van der Waals surface area contributed by atoms with Crippen molar-refractivity contribution in [1.82, 2.24) is 5.43 Å². The zero-order chi connectivity index (χ0) is 26.2. The van der Waals surface area contributed by atoms with Crippen LogP contribution in [-0.4, -0.2) is 36.7 Å². The Balaban J connectivity index is 1.37. The van der Waals surface area contributed by atoms with Gasteiger partial charge in [0.1, 0.15) is 10.8 Å². The van der Waals surface area contributed by atoms with Crippen molar-refractivity contribution in [3.63, 3.8) is 0 Å². The van der Waals surface area contributed by atoms with Gasteiger partial charge in [0.25, 0.3) is 11.8 Å². The molecule has 8 nitrogen and oxygen atoms in total. The number of rotatable bonds is 9. The molecule has 4 rings (SSSR count). The van der Waals surface area contributed by atoms with E-state index in [0.717, 1.165) is 41.7 Å². The quantitative estimate of drug-likeness (QED) is 0.236. The number of anilines is 1. The molecule has 0 saturated carbocycles. The van der Waals surface area contributed by atoms with Crippen LogP contribution < -0.4 is 15.5 Å². The normalized spacial score (nSPS) is 13.5. The van der Waals surface area contributed by atoms with Gasteiger partial charge < -0.3 is 14.8 Å². The van der Waals surface area contributed by atoms with Gasteiger partial charge in [0.15, 0.2) is 6.10 Å². The van der Waals surface area contributed by atoms with Gasteiger partial charge >= 0.3 is 5.97 Å². The number of nitrogens with one attached hydrogen (secondary N) is 2. The smallest absolute Gasteiger partial charge is 0.341 e. The van der Waals surface area contributed by atoms with Crippen LogP contribution in [0.15, 0.2) is 59.7 Å². The van der Waals surface area contributed by atoms with Crippen LogP contribution in [-0.2, 0) is 22.4 Å².